The SMILES string of the molecule is O=S(=O)([O-])C(F)(F)C(F)(F)C(F)(F)C(F)(F)C(F)(F)C(F)(F)C(F)(F)C(F)(F)C(F)(F)C(F)(F)F.[Li+]. The fourth-order valence-corrected chi connectivity index (χ4v) is 2.14. The molecule has 0 atom stereocenters. The van der Waals surface area contributed by atoms with Crippen molar-refractivity contribution in [3.8, 4) is 0 Å². The zero-order chi connectivity index (χ0) is 29.5. The molecular formula is C10F21LiO3S. The van der Waals surface area contributed by atoms with Gasteiger partial charge in [0.25, 0.3) is 0 Å². The quantitative estimate of drug-likeness (QED) is 0.231. The Hall–Kier alpha value is -0.963. The van der Waals surface area contributed by atoms with E-state index in [2.05, 4.69) is 0 Å². The van der Waals surface area contributed by atoms with E-state index in [0.717, 1.165) is 0 Å². The van der Waals surface area contributed by atoms with Crippen LogP contribution in [0.3, 0.4) is 0 Å². The average molecular weight is 606 g/mol. The molecule has 0 unspecified atom stereocenters. The second-order valence-corrected chi connectivity index (χ2v) is 7.48. The van der Waals surface area contributed by atoms with Crippen molar-refractivity contribution in [1.82, 2.24) is 0 Å². The van der Waals surface area contributed by atoms with Crippen LogP contribution >= 0.6 is 0 Å². The monoisotopic (exact) mass is 606 g/mol. The van der Waals surface area contributed by atoms with E-state index in [0.29, 0.717) is 0 Å². The molecule has 0 aromatic carbocycles. The Morgan fingerprint density at radius 2 is 0.528 bits per heavy atom. The van der Waals surface area contributed by atoms with Gasteiger partial charge in [-0.25, -0.2) is 8.42 Å². The van der Waals surface area contributed by atoms with Crippen LogP contribution in [0.25, 0.3) is 0 Å². The zero-order valence-electron chi connectivity index (χ0n) is 15.6. The third-order valence-electron chi connectivity index (χ3n) is 3.80. The molecule has 0 aliphatic rings. The maximum atomic E-state index is 13.3. The molecule has 0 amide bonds. The first-order chi connectivity index (χ1) is 14.5. The van der Waals surface area contributed by atoms with Gasteiger partial charge in [0.2, 0.25) is 0 Å². The Bertz CT molecular complexity index is 919. The Morgan fingerprint density at radius 1 is 0.361 bits per heavy atom. The Labute approximate surface area is 193 Å². The second kappa shape index (κ2) is 8.78. The Morgan fingerprint density at radius 3 is 0.694 bits per heavy atom. The molecule has 0 aromatic rings. The van der Waals surface area contributed by atoms with Crippen LogP contribution in [-0.4, -0.2) is 71.8 Å². The van der Waals surface area contributed by atoms with Crippen LogP contribution in [0.5, 0.6) is 0 Å². The molecule has 36 heavy (non-hydrogen) atoms. The molecule has 0 bridgehead atoms. The van der Waals surface area contributed by atoms with Gasteiger partial charge in [0.05, 0.1) is 0 Å². The molecule has 0 aliphatic heterocycles. The van der Waals surface area contributed by atoms with E-state index >= 15 is 0 Å². The van der Waals surface area contributed by atoms with E-state index in [-0.39, 0.29) is 18.9 Å². The van der Waals surface area contributed by atoms with E-state index < -0.39 is 68.9 Å². The maximum Gasteiger partial charge on any atom is 1.00 e. The normalized spacial score (nSPS) is 16.6. The molecule has 0 N–H and O–H groups in total. The van der Waals surface area contributed by atoms with Gasteiger partial charge in [-0.15, -0.1) is 0 Å². The molecule has 0 fully saturated rings. The molecule has 26 heteroatoms. The van der Waals surface area contributed by atoms with Gasteiger partial charge < -0.3 is 4.55 Å². The molecule has 0 rings (SSSR count). The van der Waals surface area contributed by atoms with Crippen molar-refractivity contribution in [3.05, 3.63) is 0 Å². The molecular weight excluding hydrogens is 606 g/mol. The Balaban J connectivity index is 0. The van der Waals surface area contributed by atoms with Gasteiger partial charge in [0.15, 0.2) is 10.1 Å². The number of alkyl halides is 21. The number of hydrogen-bond acceptors (Lipinski definition) is 3. The Kier molecular flexibility index (Phi) is 9.07. The van der Waals surface area contributed by atoms with Gasteiger partial charge in [0, 0.05) is 0 Å². The van der Waals surface area contributed by atoms with E-state index in [9.17, 15) is 105 Å². The summed E-state index contributed by atoms with van der Waals surface area (Å²) in [6.07, 6.45) is -8.09. The average Bonchev–Trinajstić information content (AvgIpc) is 2.58. The summed E-state index contributed by atoms with van der Waals surface area (Å²) in [6, 6.07) is 0. The molecule has 0 spiro atoms. The molecule has 0 saturated heterocycles. The van der Waals surface area contributed by atoms with Crippen molar-refractivity contribution in [2.45, 2.75) is 58.8 Å². The molecule has 0 aliphatic carbocycles. The van der Waals surface area contributed by atoms with Gasteiger partial charge in [-0.1, -0.05) is 0 Å². The summed E-state index contributed by atoms with van der Waals surface area (Å²) < 4.78 is 300. The van der Waals surface area contributed by atoms with Crippen LogP contribution in [-0.2, 0) is 10.1 Å². The summed E-state index contributed by atoms with van der Waals surface area (Å²) in [5, 5.41) is -8.17. The predicted molar refractivity (Wildman–Crippen MR) is 60.3 cm³/mol. The van der Waals surface area contributed by atoms with Crippen LogP contribution in [0.15, 0.2) is 0 Å². The van der Waals surface area contributed by atoms with E-state index in [1.165, 1.54) is 0 Å². The molecule has 0 aromatic heterocycles. The number of hydrogen-bond donors (Lipinski definition) is 0. The summed E-state index contributed by atoms with van der Waals surface area (Å²) in [4.78, 5) is 0. The largest absolute Gasteiger partial charge is 1.00 e. The van der Waals surface area contributed by atoms with Crippen molar-refractivity contribution < 1.29 is 124 Å². The third kappa shape index (κ3) is 4.28. The zero-order valence-corrected chi connectivity index (χ0v) is 16.4. The molecule has 212 valence electrons. The minimum Gasteiger partial charge on any atom is -0.743 e. The van der Waals surface area contributed by atoms with Crippen LogP contribution in [0.1, 0.15) is 0 Å². The number of rotatable bonds is 9. The maximum absolute atomic E-state index is 13.3. The van der Waals surface area contributed by atoms with E-state index in [1.54, 1.807) is 0 Å². The third-order valence-corrected chi connectivity index (χ3v) is 4.68. The smallest absolute Gasteiger partial charge is 0.743 e. The van der Waals surface area contributed by atoms with Crippen LogP contribution in [0, 0.1) is 0 Å². The van der Waals surface area contributed by atoms with E-state index in [4.69, 9.17) is 0 Å². The fourth-order valence-electron chi connectivity index (χ4n) is 1.70. The molecule has 0 heterocycles. The van der Waals surface area contributed by atoms with E-state index in [1.807, 2.05) is 0 Å². The van der Waals surface area contributed by atoms with Gasteiger partial charge in [0.1, 0.15) is 0 Å². The van der Waals surface area contributed by atoms with Gasteiger partial charge in [-0.05, 0) is 0 Å². The first kappa shape index (κ1) is 37.2. The topological polar surface area (TPSA) is 57.2 Å². The van der Waals surface area contributed by atoms with Gasteiger partial charge in [-0.2, -0.15) is 92.2 Å². The summed E-state index contributed by atoms with van der Waals surface area (Å²) >= 11 is 0. The summed E-state index contributed by atoms with van der Waals surface area (Å²) in [7, 11) is -8.34. The first-order valence-corrected chi connectivity index (χ1v) is 8.33. The molecule has 0 saturated carbocycles. The summed E-state index contributed by atoms with van der Waals surface area (Å²) in [6.45, 7) is 0. The minimum atomic E-state index is -9.40. The van der Waals surface area contributed by atoms with Gasteiger partial charge >= 0.3 is 77.7 Å². The minimum absolute atomic E-state index is 0. The van der Waals surface area contributed by atoms with Crippen molar-refractivity contribution in [3.63, 3.8) is 0 Å². The fraction of sp³-hybridized carbons (Fsp3) is 1.00. The van der Waals surface area contributed by atoms with Gasteiger partial charge in [-0.3, -0.25) is 0 Å². The molecule has 0 radical (unpaired) electrons. The number of halogens is 21. The molecule has 3 nitrogen and oxygen atoms in total. The summed E-state index contributed by atoms with van der Waals surface area (Å²) in [5.74, 6) is -72.8. The predicted octanol–water partition coefficient (Wildman–Crippen LogP) is 2.77. The van der Waals surface area contributed by atoms with Crippen molar-refractivity contribution >= 4 is 10.1 Å². The van der Waals surface area contributed by atoms with Crippen LogP contribution in [0.4, 0.5) is 92.2 Å². The second-order valence-electron chi connectivity index (χ2n) is 6.06. The van der Waals surface area contributed by atoms with Crippen molar-refractivity contribution in [2.24, 2.45) is 0 Å². The van der Waals surface area contributed by atoms with Crippen molar-refractivity contribution in [1.29, 1.82) is 0 Å². The standard InChI is InChI=1S/C10HF21O3S.Li/c11-1(12,3(15,16)5(19,20)7(23,24)9(27,28)29)2(13,14)4(17,18)6(21,22)8(25,26)10(30,31)35(32,33)34;/h(H,32,33,34);/q;+1/p-1. The van der Waals surface area contributed by atoms with Crippen LogP contribution < -0.4 is 18.9 Å². The van der Waals surface area contributed by atoms with Crippen molar-refractivity contribution in [2.75, 3.05) is 0 Å². The first-order valence-electron chi connectivity index (χ1n) is 6.92. The van der Waals surface area contributed by atoms with Crippen LogP contribution in [0.2, 0.25) is 0 Å². The summed E-state index contributed by atoms with van der Waals surface area (Å²) in [5.41, 5.74) is 0.